The van der Waals surface area contributed by atoms with Crippen molar-refractivity contribution in [2.75, 3.05) is 13.1 Å². The molecule has 0 atom stereocenters. The number of hydrogen-bond donors (Lipinski definition) is 2. The summed E-state index contributed by atoms with van der Waals surface area (Å²) < 4.78 is 0. The highest BCUT2D eigenvalue weighted by molar-refractivity contribution is 7.09. The number of nitrogens with zero attached hydrogens (tertiary/aromatic N) is 2. The number of carbonyl (C=O) groups excluding carboxylic acids is 1. The molecular formula is C14H21N3O3S. The Hall–Kier alpha value is -1.63. The van der Waals surface area contributed by atoms with Crippen molar-refractivity contribution in [3.05, 3.63) is 16.1 Å². The molecule has 1 aliphatic rings. The Morgan fingerprint density at radius 2 is 2.14 bits per heavy atom. The van der Waals surface area contributed by atoms with E-state index in [2.05, 4.69) is 10.3 Å². The van der Waals surface area contributed by atoms with Crippen molar-refractivity contribution in [2.45, 2.75) is 39.7 Å². The van der Waals surface area contributed by atoms with Crippen molar-refractivity contribution in [3.63, 3.8) is 0 Å². The number of carboxylic acid groups (broad SMARTS) is 1. The Kier molecular flexibility index (Phi) is 4.82. The molecule has 0 bridgehead atoms. The Morgan fingerprint density at radius 3 is 2.62 bits per heavy atom. The molecule has 2 rings (SSSR count). The number of hydrogen-bond acceptors (Lipinski definition) is 4. The van der Waals surface area contributed by atoms with Gasteiger partial charge in [0, 0.05) is 18.5 Å². The number of aromatic nitrogens is 1. The molecule has 1 aromatic heterocycles. The van der Waals surface area contributed by atoms with Gasteiger partial charge in [-0.3, -0.25) is 4.79 Å². The van der Waals surface area contributed by atoms with Gasteiger partial charge in [-0.15, -0.1) is 11.3 Å². The molecule has 0 aromatic carbocycles. The fourth-order valence-corrected chi connectivity index (χ4v) is 3.24. The lowest BCUT2D eigenvalue weighted by molar-refractivity contribution is -0.151. The number of thiazole rings is 1. The summed E-state index contributed by atoms with van der Waals surface area (Å²) in [6, 6.07) is -0.143. The first-order valence-electron chi connectivity index (χ1n) is 7.14. The lowest BCUT2D eigenvalue weighted by Gasteiger charge is -2.38. The van der Waals surface area contributed by atoms with Gasteiger partial charge in [-0.25, -0.2) is 9.78 Å². The third-order valence-electron chi connectivity index (χ3n) is 4.23. The maximum atomic E-state index is 12.1. The normalized spacial score (nSPS) is 17.5. The van der Waals surface area contributed by atoms with Crippen LogP contribution in [-0.2, 0) is 11.3 Å². The first-order valence-corrected chi connectivity index (χ1v) is 8.02. The summed E-state index contributed by atoms with van der Waals surface area (Å²) in [6.07, 6.45) is 1.64. The van der Waals surface area contributed by atoms with Crippen LogP contribution in [0.3, 0.4) is 0 Å². The van der Waals surface area contributed by atoms with Crippen molar-refractivity contribution in [3.8, 4) is 0 Å². The zero-order valence-electron chi connectivity index (χ0n) is 12.4. The summed E-state index contributed by atoms with van der Waals surface area (Å²) in [4.78, 5) is 29.4. The zero-order chi connectivity index (χ0) is 15.5. The van der Waals surface area contributed by atoms with Crippen LogP contribution in [0.1, 0.15) is 36.9 Å². The van der Waals surface area contributed by atoms with Gasteiger partial charge in [0.15, 0.2) is 0 Å². The average molecular weight is 311 g/mol. The maximum Gasteiger partial charge on any atom is 0.317 e. The largest absolute Gasteiger partial charge is 0.481 e. The van der Waals surface area contributed by atoms with Crippen LogP contribution < -0.4 is 5.32 Å². The Labute approximate surface area is 128 Å². The van der Waals surface area contributed by atoms with Crippen molar-refractivity contribution in [2.24, 2.45) is 5.41 Å². The summed E-state index contributed by atoms with van der Waals surface area (Å²) in [5.74, 6) is -0.747. The first-order chi connectivity index (χ1) is 9.97. The molecule has 7 heteroatoms. The van der Waals surface area contributed by atoms with Crippen molar-refractivity contribution >= 4 is 23.3 Å². The predicted octanol–water partition coefficient (Wildman–Crippen LogP) is 2.24. The molecule has 2 amide bonds. The molecule has 116 valence electrons. The fourth-order valence-electron chi connectivity index (χ4n) is 2.62. The molecule has 0 radical (unpaired) electrons. The van der Waals surface area contributed by atoms with Crippen LogP contribution in [0.5, 0.6) is 0 Å². The summed E-state index contributed by atoms with van der Waals surface area (Å²) in [5, 5.41) is 15.1. The van der Waals surface area contributed by atoms with Crippen molar-refractivity contribution < 1.29 is 14.7 Å². The quantitative estimate of drug-likeness (QED) is 0.893. The van der Waals surface area contributed by atoms with Gasteiger partial charge in [0.2, 0.25) is 0 Å². The van der Waals surface area contributed by atoms with E-state index >= 15 is 0 Å². The van der Waals surface area contributed by atoms with E-state index in [4.69, 9.17) is 0 Å². The van der Waals surface area contributed by atoms with Crippen LogP contribution in [-0.4, -0.2) is 40.1 Å². The predicted molar refractivity (Wildman–Crippen MR) is 80.3 cm³/mol. The maximum absolute atomic E-state index is 12.1. The standard InChI is InChI=1S/C14H21N3O3S/c1-3-14(12(18)19)4-6-17(7-5-14)13(20)15-8-11-9-21-10(2)16-11/h9H,3-8H2,1-2H3,(H,15,20)(H,18,19). The minimum absolute atomic E-state index is 0.143. The molecule has 0 aliphatic carbocycles. The van der Waals surface area contributed by atoms with E-state index in [0.29, 0.717) is 38.9 Å². The molecule has 2 heterocycles. The second-order valence-corrected chi connectivity index (χ2v) is 6.50. The van der Waals surface area contributed by atoms with E-state index in [-0.39, 0.29) is 6.03 Å². The van der Waals surface area contributed by atoms with Crippen LogP contribution in [0.15, 0.2) is 5.38 Å². The minimum Gasteiger partial charge on any atom is -0.481 e. The first kappa shape index (κ1) is 15.8. The number of urea groups is 1. The second kappa shape index (κ2) is 6.43. The van der Waals surface area contributed by atoms with E-state index in [1.807, 2.05) is 19.2 Å². The Bertz CT molecular complexity index is 521. The number of nitrogens with one attached hydrogen (secondary N) is 1. The number of likely N-dealkylation sites (tertiary alicyclic amines) is 1. The fraction of sp³-hybridized carbons (Fsp3) is 0.643. The van der Waals surface area contributed by atoms with E-state index in [9.17, 15) is 14.7 Å². The summed E-state index contributed by atoms with van der Waals surface area (Å²) in [5.41, 5.74) is 0.194. The van der Waals surface area contributed by atoms with E-state index in [1.165, 1.54) is 0 Å². The van der Waals surface area contributed by atoms with E-state index in [1.54, 1.807) is 16.2 Å². The van der Waals surface area contributed by atoms with Gasteiger partial charge in [0.25, 0.3) is 0 Å². The van der Waals surface area contributed by atoms with Crippen LogP contribution >= 0.6 is 11.3 Å². The molecule has 0 saturated carbocycles. The zero-order valence-corrected chi connectivity index (χ0v) is 13.2. The van der Waals surface area contributed by atoms with Gasteiger partial charge in [0.1, 0.15) is 0 Å². The Morgan fingerprint density at radius 1 is 1.48 bits per heavy atom. The number of carboxylic acids is 1. The highest BCUT2D eigenvalue weighted by Gasteiger charge is 2.40. The molecular weight excluding hydrogens is 290 g/mol. The summed E-state index contributed by atoms with van der Waals surface area (Å²) >= 11 is 1.56. The molecule has 1 saturated heterocycles. The monoisotopic (exact) mass is 311 g/mol. The molecule has 0 unspecified atom stereocenters. The van der Waals surface area contributed by atoms with E-state index < -0.39 is 11.4 Å². The van der Waals surface area contributed by atoms with Gasteiger partial charge < -0.3 is 15.3 Å². The SMILES string of the molecule is CCC1(C(=O)O)CCN(C(=O)NCc2csc(C)n2)CC1. The minimum atomic E-state index is -0.747. The third-order valence-corrected chi connectivity index (χ3v) is 5.05. The van der Waals surface area contributed by atoms with Gasteiger partial charge in [-0.2, -0.15) is 0 Å². The number of carbonyl (C=O) groups is 2. The highest BCUT2D eigenvalue weighted by atomic mass is 32.1. The molecule has 6 nitrogen and oxygen atoms in total. The van der Waals surface area contributed by atoms with Gasteiger partial charge in [-0.05, 0) is 26.2 Å². The Balaban J connectivity index is 1.84. The summed E-state index contributed by atoms with van der Waals surface area (Å²) in [6.45, 7) is 5.22. The topological polar surface area (TPSA) is 82.5 Å². The van der Waals surface area contributed by atoms with Gasteiger partial charge >= 0.3 is 12.0 Å². The molecule has 1 aromatic rings. The average Bonchev–Trinajstić information content (AvgIpc) is 2.90. The van der Waals surface area contributed by atoms with E-state index in [0.717, 1.165) is 10.7 Å². The van der Waals surface area contributed by atoms with Crippen LogP contribution in [0.4, 0.5) is 4.79 Å². The number of rotatable bonds is 4. The van der Waals surface area contributed by atoms with Crippen LogP contribution in [0, 0.1) is 12.3 Å². The molecule has 0 spiro atoms. The molecule has 1 fully saturated rings. The molecule has 21 heavy (non-hydrogen) atoms. The van der Waals surface area contributed by atoms with Crippen molar-refractivity contribution in [1.29, 1.82) is 0 Å². The third kappa shape index (κ3) is 3.53. The van der Waals surface area contributed by atoms with Gasteiger partial charge in [0.05, 0.1) is 22.7 Å². The van der Waals surface area contributed by atoms with Crippen LogP contribution in [0.25, 0.3) is 0 Å². The summed E-state index contributed by atoms with van der Waals surface area (Å²) in [7, 11) is 0. The molecule has 2 N–H and O–H groups in total. The number of amides is 2. The number of aliphatic carboxylic acids is 1. The second-order valence-electron chi connectivity index (χ2n) is 5.44. The lowest BCUT2D eigenvalue weighted by atomic mass is 9.76. The smallest absolute Gasteiger partial charge is 0.317 e. The highest BCUT2D eigenvalue weighted by Crippen LogP contribution is 2.35. The van der Waals surface area contributed by atoms with Crippen molar-refractivity contribution in [1.82, 2.24) is 15.2 Å². The molecule has 1 aliphatic heterocycles. The number of aryl methyl sites for hydroxylation is 1. The van der Waals surface area contributed by atoms with Crippen LogP contribution in [0.2, 0.25) is 0 Å². The number of piperidine rings is 1. The van der Waals surface area contributed by atoms with Gasteiger partial charge in [-0.1, -0.05) is 6.92 Å². The lowest BCUT2D eigenvalue weighted by Crippen LogP contribution is -2.49.